The molecule has 0 saturated carbocycles. The van der Waals surface area contributed by atoms with Gasteiger partial charge in [-0.2, -0.15) is 0 Å². The Balaban J connectivity index is 2.11. The van der Waals surface area contributed by atoms with E-state index in [4.69, 9.17) is 0 Å². The Labute approximate surface area is 97.1 Å². The highest BCUT2D eigenvalue weighted by atomic mass is 19.1. The van der Waals surface area contributed by atoms with E-state index in [9.17, 15) is 4.39 Å². The van der Waals surface area contributed by atoms with Crippen LogP contribution in [-0.4, -0.2) is 13.1 Å². The van der Waals surface area contributed by atoms with Crippen LogP contribution in [0.2, 0.25) is 0 Å². The maximum absolute atomic E-state index is 13.3. The fourth-order valence-electron chi connectivity index (χ4n) is 2.47. The molecule has 0 aromatic heterocycles. The second-order valence-electron chi connectivity index (χ2n) is 4.94. The molecule has 1 saturated heterocycles. The minimum absolute atomic E-state index is 0.0805. The number of hydrogen-bond donors (Lipinski definition) is 1. The molecule has 1 aromatic rings. The Kier molecular flexibility index (Phi) is 3.59. The van der Waals surface area contributed by atoms with Crippen LogP contribution in [0.5, 0.6) is 0 Å². The van der Waals surface area contributed by atoms with Gasteiger partial charge in [0.15, 0.2) is 0 Å². The van der Waals surface area contributed by atoms with Gasteiger partial charge in [0.05, 0.1) is 0 Å². The van der Waals surface area contributed by atoms with Crippen LogP contribution >= 0.6 is 0 Å². The molecule has 1 aliphatic heterocycles. The quantitative estimate of drug-likeness (QED) is 0.809. The lowest BCUT2D eigenvalue weighted by molar-refractivity contribution is 0.375. The van der Waals surface area contributed by atoms with Crippen molar-refractivity contribution in [3.05, 3.63) is 34.6 Å². The molecular weight excluding hydrogens is 201 g/mol. The van der Waals surface area contributed by atoms with Crippen molar-refractivity contribution in [2.45, 2.75) is 33.1 Å². The third-order valence-corrected chi connectivity index (χ3v) is 3.52. The van der Waals surface area contributed by atoms with Gasteiger partial charge in [-0.3, -0.25) is 0 Å². The largest absolute Gasteiger partial charge is 0.316 e. The number of hydrogen-bond acceptors (Lipinski definition) is 1. The van der Waals surface area contributed by atoms with Crippen LogP contribution in [0.15, 0.2) is 12.1 Å². The number of piperidine rings is 1. The van der Waals surface area contributed by atoms with Gasteiger partial charge in [-0.15, -0.1) is 0 Å². The van der Waals surface area contributed by atoms with Gasteiger partial charge in [-0.1, -0.05) is 6.07 Å². The first-order chi connectivity index (χ1) is 7.66. The molecule has 2 rings (SSSR count). The summed E-state index contributed by atoms with van der Waals surface area (Å²) in [5.41, 5.74) is 3.17. The zero-order valence-corrected chi connectivity index (χ0v) is 10.1. The molecule has 1 nitrogen and oxygen atoms in total. The smallest absolute Gasteiger partial charge is 0.126 e. The number of rotatable bonds is 2. The van der Waals surface area contributed by atoms with Gasteiger partial charge in [-0.25, -0.2) is 4.39 Å². The van der Waals surface area contributed by atoms with E-state index in [1.54, 1.807) is 6.07 Å². The van der Waals surface area contributed by atoms with Crippen LogP contribution in [0.4, 0.5) is 4.39 Å². The summed E-state index contributed by atoms with van der Waals surface area (Å²) in [6.07, 6.45) is 3.65. The summed E-state index contributed by atoms with van der Waals surface area (Å²) in [7, 11) is 0. The SMILES string of the molecule is Cc1cc(CC2CCCNC2)c(C)cc1F. The van der Waals surface area contributed by atoms with E-state index in [2.05, 4.69) is 5.32 Å². The molecule has 1 atom stereocenters. The van der Waals surface area contributed by atoms with E-state index in [-0.39, 0.29) is 5.82 Å². The van der Waals surface area contributed by atoms with Crippen molar-refractivity contribution in [3.63, 3.8) is 0 Å². The van der Waals surface area contributed by atoms with E-state index < -0.39 is 0 Å². The maximum atomic E-state index is 13.3. The summed E-state index contributed by atoms with van der Waals surface area (Å²) in [6.45, 7) is 6.11. The normalized spacial score (nSPS) is 21.1. The Morgan fingerprint density at radius 1 is 1.31 bits per heavy atom. The highest BCUT2D eigenvalue weighted by Gasteiger charge is 2.15. The van der Waals surface area contributed by atoms with E-state index >= 15 is 0 Å². The molecular formula is C14H20FN. The zero-order chi connectivity index (χ0) is 11.5. The van der Waals surface area contributed by atoms with Crippen LogP contribution in [0.1, 0.15) is 29.5 Å². The van der Waals surface area contributed by atoms with Gasteiger partial charge in [0.2, 0.25) is 0 Å². The Bertz CT molecular complexity index is 367. The summed E-state index contributed by atoms with van der Waals surface area (Å²) in [5.74, 6) is 0.639. The molecule has 0 radical (unpaired) electrons. The predicted octanol–water partition coefficient (Wildman–Crippen LogP) is 2.98. The first-order valence-corrected chi connectivity index (χ1v) is 6.13. The molecule has 0 amide bonds. The highest BCUT2D eigenvalue weighted by Crippen LogP contribution is 2.21. The fourth-order valence-corrected chi connectivity index (χ4v) is 2.47. The van der Waals surface area contributed by atoms with Crippen molar-refractivity contribution < 1.29 is 4.39 Å². The monoisotopic (exact) mass is 221 g/mol. The molecule has 1 N–H and O–H groups in total. The number of halogens is 1. The maximum Gasteiger partial charge on any atom is 0.126 e. The molecule has 1 aromatic carbocycles. The van der Waals surface area contributed by atoms with Gasteiger partial charge in [0, 0.05) is 0 Å². The van der Waals surface area contributed by atoms with Crippen LogP contribution in [0, 0.1) is 25.6 Å². The summed E-state index contributed by atoms with van der Waals surface area (Å²) in [6, 6.07) is 3.68. The van der Waals surface area contributed by atoms with E-state index in [1.807, 2.05) is 19.9 Å². The van der Waals surface area contributed by atoms with Crippen LogP contribution in [0.3, 0.4) is 0 Å². The molecule has 0 spiro atoms. The molecule has 88 valence electrons. The highest BCUT2D eigenvalue weighted by molar-refractivity contribution is 5.32. The van der Waals surface area contributed by atoms with E-state index in [0.717, 1.165) is 36.6 Å². The van der Waals surface area contributed by atoms with E-state index in [1.165, 1.54) is 18.4 Å². The second kappa shape index (κ2) is 4.96. The summed E-state index contributed by atoms with van der Waals surface area (Å²) in [5, 5.41) is 3.43. The van der Waals surface area contributed by atoms with Crippen LogP contribution in [-0.2, 0) is 6.42 Å². The lowest BCUT2D eigenvalue weighted by Crippen LogP contribution is -2.31. The molecule has 0 bridgehead atoms. The van der Waals surface area contributed by atoms with Gasteiger partial charge >= 0.3 is 0 Å². The van der Waals surface area contributed by atoms with Gasteiger partial charge in [0.25, 0.3) is 0 Å². The molecule has 1 heterocycles. The van der Waals surface area contributed by atoms with Gasteiger partial charge in [-0.05, 0) is 74.9 Å². The average Bonchev–Trinajstić information content (AvgIpc) is 2.27. The van der Waals surface area contributed by atoms with Crippen molar-refractivity contribution in [2.75, 3.05) is 13.1 Å². The lowest BCUT2D eigenvalue weighted by Gasteiger charge is -2.23. The van der Waals surface area contributed by atoms with Crippen molar-refractivity contribution in [3.8, 4) is 0 Å². The van der Waals surface area contributed by atoms with Crippen molar-refractivity contribution in [1.82, 2.24) is 5.32 Å². The summed E-state index contributed by atoms with van der Waals surface area (Å²) < 4.78 is 13.3. The standard InChI is InChI=1S/C14H20FN/c1-10-7-14(15)11(2)6-13(10)8-12-4-3-5-16-9-12/h6-7,12,16H,3-5,8-9H2,1-2H3. The van der Waals surface area contributed by atoms with E-state index in [0.29, 0.717) is 0 Å². The Hall–Kier alpha value is -0.890. The molecule has 0 aliphatic carbocycles. The third kappa shape index (κ3) is 2.62. The third-order valence-electron chi connectivity index (χ3n) is 3.52. The zero-order valence-electron chi connectivity index (χ0n) is 10.1. The summed E-state index contributed by atoms with van der Waals surface area (Å²) >= 11 is 0. The molecule has 1 fully saturated rings. The molecule has 16 heavy (non-hydrogen) atoms. The molecule has 1 aliphatic rings. The first kappa shape index (κ1) is 11.6. The minimum Gasteiger partial charge on any atom is -0.316 e. The second-order valence-corrected chi connectivity index (χ2v) is 4.94. The first-order valence-electron chi connectivity index (χ1n) is 6.13. The molecule has 2 heteroatoms. The Morgan fingerprint density at radius 3 is 2.81 bits per heavy atom. The molecule has 1 unspecified atom stereocenters. The Morgan fingerprint density at radius 2 is 2.12 bits per heavy atom. The number of benzene rings is 1. The van der Waals surface area contributed by atoms with Crippen LogP contribution in [0.25, 0.3) is 0 Å². The minimum atomic E-state index is -0.0805. The van der Waals surface area contributed by atoms with Crippen molar-refractivity contribution in [1.29, 1.82) is 0 Å². The summed E-state index contributed by atoms with van der Waals surface area (Å²) in [4.78, 5) is 0. The van der Waals surface area contributed by atoms with Crippen molar-refractivity contribution in [2.24, 2.45) is 5.92 Å². The topological polar surface area (TPSA) is 12.0 Å². The van der Waals surface area contributed by atoms with Crippen LogP contribution < -0.4 is 5.32 Å². The lowest BCUT2D eigenvalue weighted by atomic mass is 9.90. The average molecular weight is 221 g/mol. The predicted molar refractivity (Wildman–Crippen MR) is 65.2 cm³/mol. The number of aryl methyl sites for hydroxylation is 2. The van der Waals surface area contributed by atoms with Crippen molar-refractivity contribution >= 4 is 0 Å². The number of nitrogens with one attached hydrogen (secondary N) is 1. The fraction of sp³-hybridized carbons (Fsp3) is 0.571. The van der Waals surface area contributed by atoms with Gasteiger partial charge < -0.3 is 5.32 Å². The van der Waals surface area contributed by atoms with Gasteiger partial charge in [0.1, 0.15) is 5.82 Å².